The van der Waals surface area contributed by atoms with Crippen molar-refractivity contribution < 1.29 is 9.36 Å². The Kier molecular flexibility index (Phi) is 2.47. The summed E-state index contributed by atoms with van der Waals surface area (Å²) in [4.78, 5) is 12.3. The standard InChI is InChI=1S/C8H14N3O/c1-9(2)8-10(3)4-5-11(8)6-7-12/h4-5,7H,6H2,1-3H3/q+1. The molecule has 0 spiro atoms. The molecule has 0 aliphatic rings. The summed E-state index contributed by atoms with van der Waals surface area (Å²) in [6, 6.07) is 0. The maximum atomic E-state index is 10.3. The zero-order valence-corrected chi connectivity index (χ0v) is 7.69. The maximum Gasteiger partial charge on any atom is 0.359 e. The van der Waals surface area contributed by atoms with Crippen LogP contribution in [-0.2, 0) is 18.4 Å². The number of aldehydes is 1. The molecule has 0 amide bonds. The Morgan fingerprint density at radius 2 is 2.33 bits per heavy atom. The molecule has 4 heteroatoms. The van der Waals surface area contributed by atoms with E-state index in [9.17, 15) is 4.79 Å². The Balaban J connectivity index is 3.03. The molecular weight excluding hydrogens is 154 g/mol. The number of carbonyl (C=O) groups is 1. The summed E-state index contributed by atoms with van der Waals surface area (Å²) in [5, 5.41) is 0. The fourth-order valence-electron chi connectivity index (χ4n) is 1.31. The third-order valence-electron chi connectivity index (χ3n) is 1.71. The number of hydrogen-bond acceptors (Lipinski definition) is 2. The van der Waals surface area contributed by atoms with Crippen LogP contribution in [-0.4, -0.2) is 24.9 Å². The minimum absolute atomic E-state index is 0.411. The monoisotopic (exact) mass is 168 g/mol. The summed E-state index contributed by atoms with van der Waals surface area (Å²) >= 11 is 0. The van der Waals surface area contributed by atoms with Crippen LogP contribution in [0.3, 0.4) is 0 Å². The Bertz CT molecular complexity index is 278. The van der Waals surface area contributed by atoms with E-state index in [-0.39, 0.29) is 0 Å². The second kappa shape index (κ2) is 3.38. The van der Waals surface area contributed by atoms with Crippen molar-refractivity contribution in [2.75, 3.05) is 19.0 Å². The summed E-state index contributed by atoms with van der Waals surface area (Å²) in [5.74, 6) is 1.02. The highest BCUT2D eigenvalue weighted by Crippen LogP contribution is 2.03. The third kappa shape index (κ3) is 1.47. The molecule has 0 aliphatic heterocycles. The smallest absolute Gasteiger partial charge is 0.300 e. The number of anilines is 1. The van der Waals surface area contributed by atoms with E-state index in [2.05, 4.69) is 0 Å². The minimum Gasteiger partial charge on any atom is -0.300 e. The molecule has 0 saturated heterocycles. The number of imidazole rings is 1. The third-order valence-corrected chi connectivity index (χ3v) is 1.71. The molecule has 0 N–H and O–H groups in total. The molecule has 0 aromatic carbocycles. The van der Waals surface area contributed by atoms with Gasteiger partial charge in [-0.25, -0.2) is 9.13 Å². The van der Waals surface area contributed by atoms with Gasteiger partial charge in [-0.2, -0.15) is 0 Å². The molecule has 1 rings (SSSR count). The lowest BCUT2D eigenvalue weighted by Crippen LogP contribution is -2.35. The zero-order valence-electron chi connectivity index (χ0n) is 7.69. The number of carbonyl (C=O) groups excluding carboxylic acids is 1. The molecule has 0 atom stereocenters. The van der Waals surface area contributed by atoms with Crippen LogP contribution >= 0.6 is 0 Å². The van der Waals surface area contributed by atoms with Crippen LogP contribution in [0.5, 0.6) is 0 Å². The van der Waals surface area contributed by atoms with Crippen molar-refractivity contribution in [3.05, 3.63) is 12.4 Å². The molecule has 1 aromatic heterocycles. The molecule has 0 fully saturated rings. The van der Waals surface area contributed by atoms with Gasteiger partial charge in [0.2, 0.25) is 0 Å². The lowest BCUT2D eigenvalue weighted by molar-refractivity contribution is -0.657. The first-order valence-corrected chi connectivity index (χ1v) is 3.82. The SMILES string of the molecule is CN(C)c1n(CC=O)cc[n+]1C. The molecule has 0 aliphatic carbocycles. The van der Waals surface area contributed by atoms with Gasteiger partial charge in [0, 0.05) is 0 Å². The second-order valence-corrected chi connectivity index (χ2v) is 2.92. The summed E-state index contributed by atoms with van der Waals surface area (Å²) in [6.45, 7) is 0.411. The maximum absolute atomic E-state index is 10.3. The highest BCUT2D eigenvalue weighted by Gasteiger charge is 2.14. The first-order valence-electron chi connectivity index (χ1n) is 3.82. The average molecular weight is 168 g/mol. The second-order valence-electron chi connectivity index (χ2n) is 2.92. The lowest BCUT2D eigenvalue weighted by Gasteiger charge is -2.06. The molecule has 1 heterocycles. The van der Waals surface area contributed by atoms with Gasteiger partial charge in [-0.15, -0.1) is 0 Å². The number of aryl methyl sites for hydroxylation is 1. The molecule has 0 bridgehead atoms. The van der Waals surface area contributed by atoms with Gasteiger partial charge >= 0.3 is 5.95 Å². The van der Waals surface area contributed by atoms with Crippen molar-refractivity contribution >= 4 is 12.2 Å². The largest absolute Gasteiger partial charge is 0.359 e. The van der Waals surface area contributed by atoms with E-state index in [1.165, 1.54) is 0 Å². The van der Waals surface area contributed by atoms with E-state index in [1.807, 2.05) is 47.6 Å². The van der Waals surface area contributed by atoms with Crippen LogP contribution < -0.4 is 9.47 Å². The van der Waals surface area contributed by atoms with E-state index in [4.69, 9.17) is 0 Å². The van der Waals surface area contributed by atoms with Crippen LogP contribution in [0.15, 0.2) is 12.4 Å². The highest BCUT2D eigenvalue weighted by molar-refractivity contribution is 5.50. The number of rotatable bonds is 3. The zero-order chi connectivity index (χ0) is 9.14. The molecule has 0 saturated carbocycles. The molecule has 1 aromatic rings. The van der Waals surface area contributed by atoms with Crippen molar-refractivity contribution in [1.29, 1.82) is 0 Å². The van der Waals surface area contributed by atoms with Gasteiger partial charge < -0.3 is 0 Å². The summed E-state index contributed by atoms with van der Waals surface area (Å²) in [7, 11) is 5.86. The van der Waals surface area contributed by atoms with Crippen LogP contribution in [0, 0.1) is 0 Å². The van der Waals surface area contributed by atoms with Gasteiger partial charge in [0.05, 0.1) is 33.5 Å². The fourth-order valence-corrected chi connectivity index (χ4v) is 1.31. The van der Waals surface area contributed by atoms with E-state index < -0.39 is 0 Å². The Morgan fingerprint density at radius 1 is 1.67 bits per heavy atom. The Hall–Kier alpha value is -1.32. The van der Waals surface area contributed by atoms with E-state index in [0.717, 1.165) is 12.2 Å². The van der Waals surface area contributed by atoms with Crippen molar-refractivity contribution in [2.45, 2.75) is 6.54 Å². The van der Waals surface area contributed by atoms with Gasteiger partial charge in [-0.3, -0.25) is 9.69 Å². The molecule has 12 heavy (non-hydrogen) atoms. The molecule has 4 nitrogen and oxygen atoms in total. The first-order chi connectivity index (χ1) is 5.66. The minimum atomic E-state index is 0.411. The predicted octanol–water partition coefficient (Wildman–Crippen LogP) is -0.423. The first kappa shape index (κ1) is 8.77. The lowest BCUT2D eigenvalue weighted by atomic mass is 10.6. The van der Waals surface area contributed by atoms with Gasteiger partial charge in [0.15, 0.2) is 6.29 Å². The number of hydrogen-bond donors (Lipinski definition) is 0. The van der Waals surface area contributed by atoms with Crippen LogP contribution in [0.4, 0.5) is 5.95 Å². The Morgan fingerprint density at radius 3 is 2.83 bits per heavy atom. The van der Waals surface area contributed by atoms with Crippen LogP contribution in [0.1, 0.15) is 0 Å². The van der Waals surface area contributed by atoms with E-state index >= 15 is 0 Å². The van der Waals surface area contributed by atoms with Crippen LogP contribution in [0.25, 0.3) is 0 Å². The quantitative estimate of drug-likeness (QED) is 0.453. The molecule has 66 valence electrons. The highest BCUT2D eigenvalue weighted by atomic mass is 16.1. The number of nitrogens with zero attached hydrogens (tertiary/aromatic N) is 3. The van der Waals surface area contributed by atoms with Gasteiger partial charge in [-0.1, -0.05) is 0 Å². The summed E-state index contributed by atoms with van der Waals surface area (Å²) < 4.78 is 3.87. The topological polar surface area (TPSA) is 29.1 Å². The van der Waals surface area contributed by atoms with Crippen molar-refractivity contribution in [3.8, 4) is 0 Å². The van der Waals surface area contributed by atoms with Crippen molar-refractivity contribution in [1.82, 2.24) is 4.57 Å². The summed E-state index contributed by atoms with van der Waals surface area (Å²) in [5.41, 5.74) is 0. The van der Waals surface area contributed by atoms with Gasteiger partial charge in [0.1, 0.15) is 6.54 Å². The van der Waals surface area contributed by atoms with Crippen LogP contribution in [0.2, 0.25) is 0 Å². The van der Waals surface area contributed by atoms with E-state index in [0.29, 0.717) is 6.54 Å². The van der Waals surface area contributed by atoms with Crippen molar-refractivity contribution in [2.24, 2.45) is 7.05 Å². The predicted molar refractivity (Wildman–Crippen MR) is 46.0 cm³/mol. The number of aromatic nitrogens is 2. The van der Waals surface area contributed by atoms with Gasteiger partial charge in [-0.05, 0) is 0 Å². The Labute approximate surface area is 72.0 Å². The van der Waals surface area contributed by atoms with Crippen molar-refractivity contribution in [3.63, 3.8) is 0 Å². The fraction of sp³-hybridized carbons (Fsp3) is 0.500. The summed E-state index contributed by atoms with van der Waals surface area (Å²) in [6.07, 6.45) is 4.72. The molecule has 0 radical (unpaired) electrons. The van der Waals surface area contributed by atoms with E-state index in [1.54, 1.807) is 0 Å². The molecular formula is C8H14N3O+. The molecule has 0 unspecified atom stereocenters. The average Bonchev–Trinajstić information content (AvgIpc) is 2.32. The normalized spacial score (nSPS) is 9.92. The van der Waals surface area contributed by atoms with Gasteiger partial charge in [0.25, 0.3) is 0 Å².